The highest BCUT2D eigenvalue weighted by Gasteiger charge is 2.31. The Kier molecular flexibility index (Phi) is 5.46. The molecule has 5 rings (SSSR count). The average molecular weight is 481 g/mol. The fraction of sp³-hybridized carbons (Fsp3) is 0.208. The van der Waals surface area contributed by atoms with Crippen molar-refractivity contribution in [2.45, 2.75) is 19.6 Å². The largest absolute Gasteiger partial charge is 0.488 e. The first-order chi connectivity index (χ1) is 16.8. The van der Waals surface area contributed by atoms with E-state index in [0.29, 0.717) is 41.2 Å². The molecule has 0 saturated heterocycles. The number of aryl methyl sites for hydroxylation is 1. The lowest BCUT2D eigenvalue weighted by molar-refractivity contribution is -0.137. The zero-order chi connectivity index (χ0) is 24.7. The van der Waals surface area contributed by atoms with Gasteiger partial charge in [-0.05, 0) is 48.9 Å². The lowest BCUT2D eigenvalue weighted by Crippen LogP contribution is -2.34. The van der Waals surface area contributed by atoms with Crippen molar-refractivity contribution >= 4 is 28.8 Å². The normalized spacial score (nSPS) is 13.9. The third kappa shape index (κ3) is 4.09. The molecule has 2 aromatic heterocycles. The van der Waals surface area contributed by atoms with Gasteiger partial charge in [-0.2, -0.15) is 18.3 Å². The van der Waals surface area contributed by atoms with E-state index in [1.165, 1.54) is 23.1 Å². The van der Waals surface area contributed by atoms with Gasteiger partial charge in [-0.25, -0.2) is 14.6 Å². The Hall–Kier alpha value is -4.28. The molecule has 1 amide bonds. The number of anilines is 1. The molecule has 0 aliphatic carbocycles. The number of alkyl halides is 3. The molecule has 0 atom stereocenters. The second kappa shape index (κ2) is 8.49. The Morgan fingerprint density at radius 3 is 2.71 bits per heavy atom. The number of fused-ring (bicyclic) bond motifs is 2. The summed E-state index contributed by atoms with van der Waals surface area (Å²) in [5, 5.41) is 4.35. The number of aldehydes is 1. The van der Waals surface area contributed by atoms with Gasteiger partial charge in [0.2, 0.25) is 0 Å². The van der Waals surface area contributed by atoms with Gasteiger partial charge in [0.25, 0.3) is 5.91 Å². The molecule has 4 aromatic rings. The number of carbonyl (C=O) groups excluding carboxylic acids is 2. The van der Waals surface area contributed by atoms with Crippen LogP contribution in [0.15, 0.2) is 48.8 Å². The lowest BCUT2D eigenvalue weighted by atomic mass is 10.1. The van der Waals surface area contributed by atoms with Crippen LogP contribution >= 0.6 is 0 Å². The van der Waals surface area contributed by atoms with Crippen LogP contribution in [0.1, 0.15) is 21.6 Å². The summed E-state index contributed by atoms with van der Waals surface area (Å²) >= 11 is 0. The van der Waals surface area contributed by atoms with Crippen molar-refractivity contribution in [3.05, 3.63) is 65.6 Å². The summed E-state index contributed by atoms with van der Waals surface area (Å²) in [5.74, 6) is 0.339. The number of nitrogens with zero attached hydrogens (tertiary/aromatic N) is 5. The van der Waals surface area contributed by atoms with Gasteiger partial charge < -0.3 is 14.4 Å². The predicted octanol–water partition coefficient (Wildman–Crippen LogP) is 4.06. The van der Waals surface area contributed by atoms with Crippen molar-refractivity contribution in [3.8, 4) is 17.1 Å². The Labute approximate surface area is 197 Å². The number of carbonyl (C=O) groups is 2. The molecule has 0 N–H and O–H groups in total. The van der Waals surface area contributed by atoms with Gasteiger partial charge in [-0.15, -0.1) is 0 Å². The fourth-order valence-corrected chi connectivity index (χ4v) is 4.05. The molecule has 1 aliphatic heterocycles. The maximum atomic E-state index is 13.3. The molecule has 0 fully saturated rings. The second-order valence-electron chi connectivity index (χ2n) is 7.98. The molecular weight excluding hydrogens is 463 g/mol. The molecule has 178 valence electrons. The SMILES string of the molecule is Cc1cc(-c2ncc3cc(C(F)(F)F)ccc3n2)ccc1N1CCOc2cnn(CC=O)c2C1=O. The van der Waals surface area contributed by atoms with Crippen molar-refractivity contribution < 1.29 is 27.5 Å². The van der Waals surface area contributed by atoms with Crippen LogP contribution < -0.4 is 9.64 Å². The Morgan fingerprint density at radius 1 is 1.14 bits per heavy atom. The van der Waals surface area contributed by atoms with Crippen molar-refractivity contribution in [1.82, 2.24) is 19.7 Å². The van der Waals surface area contributed by atoms with E-state index in [1.54, 1.807) is 17.0 Å². The number of benzene rings is 2. The van der Waals surface area contributed by atoms with Gasteiger partial charge in [-0.3, -0.25) is 4.79 Å². The average Bonchev–Trinajstić information content (AvgIpc) is 3.15. The number of rotatable bonds is 4. The fourth-order valence-electron chi connectivity index (χ4n) is 4.05. The lowest BCUT2D eigenvalue weighted by Gasteiger charge is -2.22. The van der Waals surface area contributed by atoms with Gasteiger partial charge in [0.15, 0.2) is 17.3 Å². The summed E-state index contributed by atoms with van der Waals surface area (Å²) in [7, 11) is 0. The molecule has 0 spiro atoms. The molecule has 0 radical (unpaired) electrons. The van der Waals surface area contributed by atoms with E-state index >= 15 is 0 Å². The van der Waals surface area contributed by atoms with Crippen LogP contribution in [-0.2, 0) is 17.5 Å². The summed E-state index contributed by atoms with van der Waals surface area (Å²) in [5.41, 5.74) is 1.89. The van der Waals surface area contributed by atoms with Crippen molar-refractivity contribution in [2.24, 2.45) is 0 Å². The first-order valence-electron chi connectivity index (χ1n) is 10.7. The topological polar surface area (TPSA) is 90.2 Å². The summed E-state index contributed by atoms with van der Waals surface area (Å²) in [4.78, 5) is 34.5. The molecule has 8 nitrogen and oxygen atoms in total. The number of hydrogen-bond acceptors (Lipinski definition) is 6. The van der Waals surface area contributed by atoms with Gasteiger partial charge in [0, 0.05) is 22.8 Å². The zero-order valence-corrected chi connectivity index (χ0v) is 18.4. The minimum absolute atomic E-state index is 0.0695. The van der Waals surface area contributed by atoms with E-state index < -0.39 is 11.7 Å². The van der Waals surface area contributed by atoms with Crippen LogP contribution in [0.4, 0.5) is 18.9 Å². The van der Waals surface area contributed by atoms with Gasteiger partial charge in [0.05, 0.1) is 30.4 Å². The smallest absolute Gasteiger partial charge is 0.416 e. The number of ether oxygens (including phenoxy) is 1. The molecule has 1 aliphatic rings. The highest BCUT2D eigenvalue weighted by molar-refractivity contribution is 6.07. The van der Waals surface area contributed by atoms with Gasteiger partial charge in [-0.1, -0.05) is 0 Å². The molecule has 0 unspecified atom stereocenters. The van der Waals surface area contributed by atoms with E-state index in [0.717, 1.165) is 17.7 Å². The maximum absolute atomic E-state index is 13.3. The monoisotopic (exact) mass is 481 g/mol. The van der Waals surface area contributed by atoms with E-state index in [-0.39, 0.29) is 30.1 Å². The first-order valence-corrected chi connectivity index (χ1v) is 10.7. The van der Waals surface area contributed by atoms with Crippen LogP contribution in [0.3, 0.4) is 0 Å². The highest BCUT2D eigenvalue weighted by atomic mass is 19.4. The van der Waals surface area contributed by atoms with E-state index in [1.807, 2.05) is 13.0 Å². The zero-order valence-electron chi connectivity index (χ0n) is 18.4. The number of amides is 1. The first kappa shape index (κ1) is 22.5. The standard InChI is InChI=1S/C24H18F3N5O3/c1-14-10-15(22-28-12-16-11-17(24(25,26)27)3-4-18(16)30-22)2-5-19(14)31-7-9-35-20-13-29-32(6-8-33)21(20)23(31)34/h2-5,8,10-13H,6-7,9H2,1H3. The quantitative estimate of drug-likeness (QED) is 0.409. The molecule has 3 heterocycles. The summed E-state index contributed by atoms with van der Waals surface area (Å²) in [6, 6.07) is 8.64. The van der Waals surface area contributed by atoms with Crippen LogP contribution in [0.2, 0.25) is 0 Å². The maximum Gasteiger partial charge on any atom is 0.416 e. The number of aromatic nitrogens is 4. The number of hydrogen-bond donors (Lipinski definition) is 0. The second-order valence-corrected chi connectivity index (χ2v) is 7.98. The van der Waals surface area contributed by atoms with Gasteiger partial charge >= 0.3 is 6.18 Å². The third-order valence-corrected chi connectivity index (χ3v) is 5.73. The summed E-state index contributed by atoms with van der Waals surface area (Å²) in [6.07, 6.45) is -1.00. The van der Waals surface area contributed by atoms with Gasteiger partial charge in [0.1, 0.15) is 12.9 Å². The van der Waals surface area contributed by atoms with Crippen LogP contribution in [0.5, 0.6) is 5.75 Å². The Balaban J connectivity index is 1.47. The van der Waals surface area contributed by atoms with E-state index in [9.17, 15) is 22.8 Å². The van der Waals surface area contributed by atoms with Crippen molar-refractivity contribution in [1.29, 1.82) is 0 Å². The molecule has 2 aromatic carbocycles. The molecule has 35 heavy (non-hydrogen) atoms. The third-order valence-electron chi connectivity index (χ3n) is 5.73. The number of halogens is 3. The van der Waals surface area contributed by atoms with E-state index in [2.05, 4.69) is 15.1 Å². The van der Waals surface area contributed by atoms with Crippen LogP contribution in [0, 0.1) is 6.92 Å². The van der Waals surface area contributed by atoms with E-state index in [4.69, 9.17) is 4.74 Å². The van der Waals surface area contributed by atoms with Crippen molar-refractivity contribution in [2.75, 3.05) is 18.1 Å². The highest BCUT2D eigenvalue weighted by Crippen LogP contribution is 2.33. The minimum atomic E-state index is -4.44. The minimum Gasteiger partial charge on any atom is -0.488 e. The Morgan fingerprint density at radius 2 is 1.97 bits per heavy atom. The molecule has 0 saturated carbocycles. The van der Waals surface area contributed by atoms with Crippen LogP contribution in [-0.4, -0.2) is 45.1 Å². The molecule has 0 bridgehead atoms. The van der Waals surface area contributed by atoms with Crippen LogP contribution in [0.25, 0.3) is 22.3 Å². The van der Waals surface area contributed by atoms with Crippen molar-refractivity contribution in [3.63, 3.8) is 0 Å². The molecule has 11 heteroatoms. The molecular formula is C24H18F3N5O3. The summed E-state index contributed by atoms with van der Waals surface area (Å²) in [6.45, 7) is 2.31. The predicted molar refractivity (Wildman–Crippen MR) is 120 cm³/mol. The summed E-state index contributed by atoms with van der Waals surface area (Å²) < 4.78 is 45.9. The Bertz CT molecular complexity index is 1460.